The second kappa shape index (κ2) is 7.65. The summed E-state index contributed by atoms with van der Waals surface area (Å²) >= 11 is 0. The summed E-state index contributed by atoms with van der Waals surface area (Å²) in [4.78, 5) is 24.3. The van der Waals surface area contributed by atoms with Crippen LogP contribution in [0.15, 0.2) is 60.7 Å². The molecule has 0 atom stereocenters. The van der Waals surface area contributed by atoms with E-state index in [1.54, 1.807) is 37.4 Å². The maximum Gasteiger partial charge on any atom is 0.339 e. The molecule has 0 heterocycles. The summed E-state index contributed by atoms with van der Waals surface area (Å²) in [6.45, 7) is -0.520. The monoisotopic (exact) mass is 353 g/mol. The summed E-state index contributed by atoms with van der Waals surface area (Å²) in [7, 11) is 1.55. The standard InChI is InChI=1S/C20H16FNO4/c1-25-18-11-10-15(13-6-2-3-7-14(13)18)20(24)26-12-19(23)22-17-9-5-4-8-16(17)21/h2-11H,12H2,1H3,(H,22,23). The zero-order valence-corrected chi connectivity index (χ0v) is 14.0. The Kier molecular flexibility index (Phi) is 5.12. The van der Waals surface area contributed by atoms with Gasteiger partial charge in [0.05, 0.1) is 18.4 Å². The summed E-state index contributed by atoms with van der Waals surface area (Å²) in [5.41, 5.74) is 0.350. The summed E-state index contributed by atoms with van der Waals surface area (Å²) < 4.78 is 23.9. The van der Waals surface area contributed by atoms with Crippen molar-refractivity contribution in [2.24, 2.45) is 0 Å². The number of hydrogen-bond donors (Lipinski definition) is 1. The number of methoxy groups -OCH3 is 1. The van der Waals surface area contributed by atoms with Crippen LogP contribution in [0, 0.1) is 5.82 Å². The number of nitrogens with one attached hydrogen (secondary N) is 1. The van der Waals surface area contributed by atoms with E-state index >= 15 is 0 Å². The van der Waals surface area contributed by atoms with Crippen LogP contribution in [0.3, 0.4) is 0 Å². The molecule has 3 aromatic rings. The molecule has 0 saturated heterocycles. The lowest BCUT2D eigenvalue weighted by atomic mass is 10.0. The molecule has 26 heavy (non-hydrogen) atoms. The van der Waals surface area contributed by atoms with Gasteiger partial charge in [-0.25, -0.2) is 9.18 Å². The van der Waals surface area contributed by atoms with E-state index in [4.69, 9.17) is 9.47 Å². The molecule has 0 saturated carbocycles. The smallest absolute Gasteiger partial charge is 0.339 e. The van der Waals surface area contributed by atoms with Gasteiger partial charge < -0.3 is 14.8 Å². The number of halogens is 1. The number of anilines is 1. The van der Waals surface area contributed by atoms with Gasteiger partial charge in [0.1, 0.15) is 11.6 Å². The minimum absolute atomic E-state index is 0.0310. The highest BCUT2D eigenvalue weighted by molar-refractivity contribution is 6.07. The molecule has 0 spiro atoms. The third-order valence-electron chi connectivity index (χ3n) is 3.81. The van der Waals surface area contributed by atoms with Gasteiger partial charge in [-0.3, -0.25) is 4.79 Å². The number of esters is 1. The van der Waals surface area contributed by atoms with Gasteiger partial charge in [-0.2, -0.15) is 0 Å². The Morgan fingerprint density at radius 1 is 0.962 bits per heavy atom. The van der Waals surface area contributed by atoms with Gasteiger partial charge in [0.25, 0.3) is 5.91 Å². The number of amides is 1. The molecule has 0 aliphatic rings. The summed E-state index contributed by atoms with van der Waals surface area (Å²) in [6, 6.07) is 16.2. The van der Waals surface area contributed by atoms with Crippen molar-refractivity contribution in [1.29, 1.82) is 0 Å². The molecule has 0 unspecified atom stereocenters. The Morgan fingerprint density at radius 3 is 2.38 bits per heavy atom. The van der Waals surface area contributed by atoms with E-state index in [0.717, 1.165) is 5.39 Å². The maximum atomic E-state index is 13.5. The zero-order chi connectivity index (χ0) is 18.5. The molecule has 3 aromatic carbocycles. The van der Waals surface area contributed by atoms with Crippen molar-refractivity contribution < 1.29 is 23.5 Å². The Labute approximate surface area is 149 Å². The van der Waals surface area contributed by atoms with Crippen molar-refractivity contribution in [2.75, 3.05) is 19.0 Å². The second-order valence-electron chi connectivity index (χ2n) is 5.47. The number of ether oxygens (including phenoxy) is 2. The molecular weight excluding hydrogens is 337 g/mol. The topological polar surface area (TPSA) is 64.6 Å². The highest BCUT2D eigenvalue weighted by Gasteiger charge is 2.16. The first kappa shape index (κ1) is 17.4. The number of carbonyl (C=O) groups excluding carboxylic acids is 2. The third-order valence-corrected chi connectivity index (χ3v) is 3.81. The number of para-hydroxylation sites is 1. The van der Waals surface area contributed by atoms with Crippen LogP contribution in [-0.4, -0.2) is 25.6 Å². The van der Waals surface area contributed by atoms with E-state index in [2.05, 4.69) is 5.32 Å². The number of rotatable bonds is 5. The molecule has 0 aliphatic carbocycles. The first-order valence-electron chi connectivity index (χ1n) is 7.87. The van der Waals surface area contributed by atoms with Crippen LogP contribution < -0.4 is 10.1 Å². The van der Waals surface area contributed by atoms with E-state index in [1.165, 1.54) is 18.2 Å². The molecule has 6 heteroatoms. The molecule has 5 nitrogen and oxygen atoms in total. The van der Waals surface area contributed by atoms with Crippen molar-refractivity contribution >= 4 is 28.3 Å². The van der Waals surface area contributed by atoms with Crippen LogP contribution in [0.4, 0.5) is 10.1 Å². The van der Waals surface area contributed by atoms with Crippen LogP contribution in [0.5, 0.6) is 5.75 Å². The first-order chi connectivity index (χ1) is 12.6. The number of carbonyl (C=O) groups is 2. The van der Waals surface area contributed by atoms with Gasteiger partial charge in [0.15, 0.2) is 6.61 Å². The third kappa shape index (κ3) is 3.64. The number of benzene rings is 3. The average molecular weight is 353 g/mol. The van der Waals surface area contributed by atoms with E-state index in [1.807, 2.05) is 12.1 Å². The van der Waals surface area contributed by atoms with E-state index in [9.17, 15) is 14.0 Å². The maximum absolute atomic E-state index is 13.5. The van der Waals surface area contributed by atoms with Gasteiger partial charge >= 0.3 is 5.97 Å². The average Bonchev–Trinajstić information content (AvgIpc) is 2.67. The molecule has 0 aromatic heterocycles. The largest absolute Gasteiger partial charge is 0.496 e. The first-order valence-corrected chi connectivity index (χ1v) is 7.87. The van der Waals surface area contributed by atoms with Gasteiger partial charge in [0, 0.05) is 5.39 Å². The normalized spacial score (nSPS) is 10.4. The van der Waals surface area contributed by atoms with Crippen LogP contribution >= 0.6 is 0 Å². The molecule has 1 amide bonds. The van der Waals surface area contributed by atoms with Gasteiger partial charge in [0.2, 0.25) is 0 Å². The molecule has 0 bridgehead atoms. The summed E-state index contributed by atoms with van der Waals surface area (Å²) in [5, 5.41) is 3.78. The fraction of sp³-hybridized carbons (Fsp3) is 0.100. The van der Waals surface area contributed by atoms with Crippen molar-refractivity contribution in [2.45, 2.75) is 0 Å². The second-order valence-corrected chi connectivity index (χ2v) is 5.47. The number of fused-ring (bicyclic) bond motifs is 1. The van der Waals surface area contributed by atoms with Crippen molar-refractivity contribution in [1.82, 2.24) is 0 Å². The van der Waals surface area contributed by atoms with E-state index in [-0.39, 0.29) is 5.69 Å². The predicted molar refractivity (Wildman–Crippen MR) is 95.8 cm³/mol. The van der Waals surface area contributed by atoms with Crippen LogP contribution in [0.2, 0.25) is 0 Å². The van der Waals surface area contributed by atoms with Gasteiger partial charge in [-0.1, -0.05) is 36.4 Å². The lowest BCUT2D eigenvalue weighted by molar-refractivity contribution is -0.119. The zero-order valence-electron chi connectivity index (χ0n) is 14.0. The molecular formula is C20H16FNO4. The highest BCUT2D eigenvalue weighted by atomic mass is 19.1. The van der Waals surface area contributed by atoms with Crippen molar-refractivity contribution in [3.63, 3.8) is 0 Å². The Hall–Kier alpha value is -3.41. The van der Waals surface area contributed by atoms with Crippen molar-refractivity contribution in [3.8, 4) is 5.75 Å². The van der Waals surface area contributed by atoms with E-state index in [0.29, 0.717) is 16.7 Å². The number of hydrogen-bond acceptors (Lipinski definition) is 4. The minimum Gasteiger partial charge on any atom is -0.496 e. The van der Waals surface area contributed by atoms with Crippen molar-refractivity contribution in [3.05, 3.63) is 72.0 Å². The Bertz CT molecular complexity index is 971. The molecule has 1 N–H and O–H groups in total. The fourth-order valence-electron chi connectivity index (χ4n) is 2.59. The van der Waals surface area contributed by atoms with E-state index < -0.39 is 24.3 Å². The Morgan fingerprint density at radius 2 is 1.65 bits per heavy atom. The summed E-state index contributed by atoms with van der Waals surface area (Å²) in [6.07, 6.45) is 0. The molecule has 0 aliphatic heterocycles. The van der Waals surface area contributed by atoms with Gasteiger partial charge in [-0.15, -0.1) is 0 Å². The SMILES string of the molecule is COc1ccc(C(=O)OCC(=O)Nc2ccccc2F)c2ccccc12. The molecule has 3 rings (SSSR count). The van der Waals surface area contributed by atoms with Crippen LogP contribution in [-0.2, 0) is 9.53 Å². The Balaban J connectivity index is 1.72. The molecule has 132 valence electrons. The quantitative estimate of drug-likeness (QED) is 0.709. The minimum atomic E-state index is -0.646. The van der Waals surface area contributed by atoms with Crippen LogP contribution in [0.1, 0.15) is 10.4 Å². The van der Waals surface area contributed by atoms with Crippen LogP contribution in [0.25, 0.3) is 10.8 Å². The highest BCUT2D eigenvalue weighted by Crippen LogP contribution is 2.28. The molecule has 0 fully saturated rings. The van der Waals surface area contributed by atoms with Gasteiger partial charge in [-0.05, 0) is 29.7 Å². The fourth-order valence-corrected chi connectivity index (χ4v) is 2.59. The summed E-state index contributed by atoms with van der Waals surface area (Å²) in [5.74, 6) is -1.20. The molecule has 0 radical (unpaired) electrons. The predicted octanol–water partition coefficient (Wildman–Crippen LogP) is 3.78. The lowest BCUT2D eigenvalue weighted by Crippen LogP contribution is -2.21. The lowest BCUT2D eigenvalue weighted by Gasteiger charge is -2.11.